The standard InChI is InChI=1S/C19H11N3O4/c23-18(24)16-10-12(11-17(22-16)19(25)26)7-8-13-4-3-6-15(21-13)14-5-1-2-9-20-14/h1-6,9-11H,(H,23,24)(H,25,26). The van der Waals surface area contributed by atoms with Gasteiger partial charge in [0.1, 0.15) is 17.1 Å². The third-order valence-electron chi connectivity index (χ3n) is 3.27. The Morgan fingerprint density at radius 2 is 1.50 bits per heavy atom. The van der Waals surface area contributed by atoms with Gasteiger partial charge in [0.15, 0.2) is 0 Å². The molecule has 26 heavy (non-hydrogen) atoms. The predicted molar refractivity (Wildman–Crippen MR) is 91.6 cm³/mol. The summed E-state index contributed by atoms with van der Waals surface area (Å²) in [5.41, 5.74) is 1.23. The maximum absolute atomic E-state index is 11.1. The zero-order valence-corrected chi connectivity index (χ0v) is 13.2. The summed E-state index contributed by atoms with van der Waals surface area (Å²) in [5, 5.41) is 18.1. The Balaban J connectivity index is 1.97. The van der Waals surface area contributed by atoms with E-state index in [2.05, 4.69) is 26.8 Å². The van der Waals surface area contributed by atoms with E-state index in [1.807, 2.05) is 12.1 Å². The van der Waals surface area contributed by atoms with Gasteiger partial charge in [-0.1, -0.05) is 18.1 Å². The highest BCUT2D eigenvalue weighted by Gasteiger charge is 2.12. The minimum absolute atomic E-state index is 0.222. The van der Waals surface area contributed by atoms with E-state index in [0.29, 0.717) is 17.1 Å². The molecule has 0 atom stereocenters. The number of carboxylic acids is 2. The van der Waals surface area contributed by atoms with Crippen molar-refractivity contribution in [2.45, 2.75) is 0 Å². The molecular formula is C19H11N3O4. The summed E-state index contributed by atoms with van der Waals surface area (Å²) in [5.74, 6) is 2.88. The zero-order valence-electron chi connectivity index (χ0n) is 13.2. The van der Waals surface area contributed by atoms with Crippen LogP contribution < -0.4 is 0 Å². The second kappa shape index (κ2) is 7.23. The third-order valence-corrected chi connectivity index (χ3v) is 3.27. The van der Waals surface area contributed by atoms with Crippen molar-refractivity contribution in [1.82, 2.24) is 15.0 Å². The Bertz CT molecular complexity index is 1020. The van der Waals surface area contributed by atoms with Crippen LogP contribution in [0.15, 0.2) is 54.7 Å². The molecule has 3 aromatic rings. The van der Waals surface area contributed by atoms with E-state index >= 15 is 0 Å². The summed E-state index contributed by atoms with van der Waals surface area (Å²) in [4.78, 5) is 34.3. The Hall–Kier alpha value is -4.05. The highest BCUT2D eigenvalue weighted by molar-refractivity contribution is 5.90. The van der Waals surface area contributed by atoms with E-state index in [4.69, 9.17) is 10.2 Å². The van der Waals surface area contributed by atoms with Crippen LogP contribution in [-0.2, 0) is 0 Å². The fraction of sp³-hybridized carbons (Fsp3) is 0. The fourth-order valence-electron chi connectivity index (χ4n) is 2.12. The van der Waals surface area contributed by atoms with Crippen molar-refractivity contribution in [1.29, 1.82) is 0 Å². The first-order chi connectivity index (χ1) is 12.5. The number of rotatable bonds is 3. The lowest BCUT2D eigenvalue weighted by atomic mass is 10.1. The van der Waals surface area contributed by atoms with Gasteiger partial charge in [0.05, 0.1) is 11.4 Å². The third kappa shape index (κ3) is 3.88. The van der Waals surface area contributed by atoms with Crippen molar-refractivity contribution >= 4 is 11.9 Å². The van der Waals surface area contributed by atoms with E-state index in [1.54, 1.807) is 30.5 Å². The molecule has 3 heterocycles. The summed E-state index contributed by atoms with van der Waals surface area (Å²) in [6.45, 7) is 0. The Morgan fingerprint density at radius 1 is 0.808 bits per heavy atom. The molecule has 0 unspecified atom stereocenters. The smallest absolute Gasteiger partial charge is 0.354 e. The molecule has 0 amide bonds. The van der Waals surface area contributed by atoms with Gasteiger partial charge in [-0.3, -0.25) is 4.98 Å². The van der Waals surface area contributed by atoms with E-state index in [0.717, 1.165) is 0 Å². The van der Waals surface area contributed by atoms with Crippen molar-refractivity contribution in [2.75, 3.05) is 0 Å². The molecule has 3 rings (SSSR count). The fourth-order valence-corrected chi connectivity index (χ4v) is 2.12. The van der Waals surface area contributed by atoms with Gasteiger partial charge < -0.3 is 10.2 Å². The van der Waals surface area contributed by atoms with Gasteiger partial charge in [-0.2, -0.15) is 0 Å². The van der Waals surface area contributed by atoms with Crippen LogP contribution in [0.25, 0.3) is 11.4 Å². The quantitative estimate of drug-likeness (QED) is 0.700. The number of aromatic carboxylic acids is 2. The molecule has 126 valence electrons. The maximum atomic E-state index is 11.1. The van der Waals surface area contributed by atoms with Gasteiger partial charge in [0.2, 0.25) is 0 Å². The van der Waals surface area contributed by atoms with Gasteiger partial charge >= 0.3 is 11.9 Å². The first-order valence-electron chi connectivity index (χ1n) is 7.42. The first-order valence-corrected chi connectivity index (χ1v) is 7.42. The van der Waals surface area contributed by atoms with Crippen LogP contribution in [0, 0.1) is 11.8 Å². The molecule has 0 saturated heterocycles. The molecule has 0 aliphatic carbocycles. The average Bonchev–Trinajstić information content (AvgIpc) is 2.67. The summed E-state index contributed by atoms with van der Waals surface area (Å²) < 4.78 is 0. The lowest BCUT2D eigenvalue weighted by Gasteiger charge is -2.00. The molecule has 3 aromatic heterocycles. The molecule has 0 aliphatic heterocycles. The maximum Gasteiger partial charge on any atom is 0.354 e. The Kier molecular flexibility index (Phi) is 4.67. The summed E-state index contributed by atoms with van der Waals surface area (Å²) in [6.07, 6.45) is 1.66. The van der Waals surface area contributed by atoms with E-state index < -0.39 is 11.9 Å². The summed E-state index contributed by atoms with van der Waals surface area (Å²) in [6, 6.07) is 13.2. The van der Waals surface area contributed by atoms with Crippen LogP contribution in [0.1, 0.15) is 32.2 Å². The lowest BCUT2D eigenvalue weighted by molar-refractivity contribution is 0.0685. The lowest BCUT2D eigenvalue weighted by Crippen LogP contribution is -2.08. The minimum atomic E-state index is -1.33. The monoisotopic (exact) mass is 345 g/mol. The van der Waals surface area contributed by atoms with Gasteiger partial charge in [0.25, 0.3) is 0 Å². The van der Waals surface area contributed by atoms with Crippen LogP contribution in [0.2, 0.25) is 0 Å². The molecule has 0 spiro atoms. The van der Waals surface area contributed by atoms with Crippen molar-refractivity contribution in [2.24, 2.45) is 0 Å². The number of carbonyl (C=O) groups is 2. The van der Waals surface area contributed by atoms with Crippen LogP contribution >= 0.6 is 0 Å². The molecule has 0 fully saturated rings. The largest absolute Gasteiger partial charge is 0.477 e. The minimum Gasteiger partial charge on any atom is -0.477 e. The Labute approximate surface area is 148 Å². The molecule has 0 aliphatic rings. The topological polar surface area (TPSA) is 113 Å². The van der Waals surface area contributed by atoms with Crippen LogP contribution in [0.5, 0.6) is 0 Å². The zero-order chi connectivity index (χ0) is 18.5. The number of hydrogen-bond donors (Lipinski definition) is 2. The molecule has 0 aromatic carbocycles. The summed E-state index contributed by atoms with van der Waals surface area (Å²) >= 11 is 0. The SMILES string of the molecule is O=C(O)c1cc(C#Cc2cccc(-c3ccccn3)n2)cc(C(=O)O)n1. The second-order valence-electron chi connectivity index (χ2n) is 5.11. The Morgan fingerprint density at radius 3 is 2.12 bits per heavy atom. The van der Waals surface area contributed by atoms with Gasteiger partial charge in [-0.05, 0) is 42.3 Å². The van der Waals surface area contributed by atoms with Gasteiger partial charge in [0, 0.05) is 11.8 Å². The van der Waals surface area contributed by atoms with Crippen LogP contribution in [0.4, 0.5) is 0 Å². The molecule has 0 saturated carbocycles. The van der Waals surface area contributed by atoms with Crippen molar-refractivity contribution < 1.29 is 19.8 Å². The van der Waals surface area contributed by atoms with E-state index in [9.17, 15) is 9.59 Å². The normalized spacial score (nSPS) is 9.85. The van der Waals surface area contributed by atoms with Gasteiger partial charge in [-0.25, -0.2) is 19.6 Å². The van der Waals surface area contributed by atoms with Crippen molar-refractivity contribution in [3.63, 3.8) is 0 Å². The first kappa shape index (κ1) is 16.8. The molecular weight excluding hydrogens is 334 g/mol. The number of pyridine rings is 3. The van der Waals surface area contributed by atoms with Crippen molar-refractivity contribution in [3.8, 4) is 23.2 Å². The molecule has 7 heteroatoms. The molecule has 0 radical (unpaired) electrons. The van der Waals surface area contributed by atoms with E-state index in [-0.39, 0.29) is 17.0 Å². The molecule has 2 N–H and O–H groups in total. The number of nitrogens with zero attached hydrogens (tertiary/aromatic N) is 3. The van der Waals surface area contributed by atoms with E-state index in [1.165, 1.54) is 12.1 Å². The number of hydrogen-bond acceptors (Lipinski definition) is 5. The number of aromatic nitrogens is 3. The molecule has 0 bridgehead atoms. The predicted octanol–water partition coefficient (Wildman–Crippen LogP) is 2.33. The highest BCUT2D eigenvalue weighted by atomic mass is 16.4. The van der Waals surface area contributed by atoms with Crippen LogP contribution in [-0.4, -0.2) is 37.1 Å². The van der Waals surface area contributed by atoms with Crippen LogP contribution in [0.3, 0.4) is 0 Å². The molecule has 7 nitrogen and oxygen atoms in total. The highest BCUT2D eigenvalue weighted by Crippen LogP contribution is 2.13. The second-order valence-corrected chi connectivity index (χ2v) is 5.11. The van der Waals surface area contributed by atoms with Crippen molar-refractivity contribution in [3.05, 3.63) is 77.4 Å². The van der Waals surface area contributed by atoms with Gasteiger partial charge in [-0.15, -0.1) is 0 Å². The number of carboxylic acid groups (broad SMARTS) is 2. The average molecular weight is 345 g/mol. The summed E-state index contributed by atoms with van der Waals surface area (Å²) in [7, 11) is 0.